The molecule has 0 radical (unpaired) electrons. The van der Waals surface area contributed by atoms with Crippen LogP contribution in [0.4, 0.5) is 26.3 Å². The number of rotatable bonds is 3. The molecule has 0 atom stereocenters. The molecule has 1 heterocycles. The zero-order valence-corrected chi connectivity index (χ0v) is 10.8. The highest BCUT2D eigenvalue weighted by Crippen LogP contribution is 2.40. The van der Waals surface area contributed by atoms with Crippen LogP contribution in [0, 0.1) is 5.92 Å². The van der Waals surface area contributed by atoms with Gasteiger partial charge in [-0.25, -0.2) is 0 Å². The van der Waals surface area contributed by atoms with Gasteiger partial charge in [-0.05, 0) is 12.8 Å². The van der Waals surface area contributed by atoms with E-state index in [-0.39, 0.29) is 31.9 Å². The van der Waals surface area contributed by atoms with E-state index in [4.69, 9.17) is 16.3 Å². The summed E-state index contributed by atoms with van der Waals surface area (Å²) in [5.41, 5.74) is -1.30. The van der Waals surface area contributed by atoms with Crippen LogP contribution in [0.5, 0.6) is 0 Å². The second-order valence-corrected chi connectivity index (χ2v) is 4.80. The van der Waals surface area contributed by atoms with Gasteiger partial charge in [0.25, 0.3) is 0 Å². The lowest BCUT2D eigenvalue weighted by Crippen LogP contribution is -2.58. The van der Waals surface area contributed by atoms with E-state index in [1.54, 1.807) is 5.32 Å². The van der Waals surface area contributed by atoms with Crippen LogP contribution < -0.4 is 5.32 Å². The molecule has 10 heteroatoms. The number of ether oxygens (including phenoxy) is 1. The molecule has 1 fully saturated rings. The number of amides is 1. The zero-order valence-electron chi connectivity index (χ0n) is 10.1. The molecule has 0 aliphatic carbocycles. The summed E-state index contributed by atoms with van der Waals surface area (Å²) in [6.07, 6.45) is -11.3. The normalized spacial score (nSPS) is 20.0. The largest absolute Gasteiger partial charge is 0.409 e. The molecule has 0 saturated carbocycles. The predicted octanol–water partition coefficient (Wildman–Crippen LogP) is 2.63. The topological polar surface area (TPSA) is 38.3 Å². The summed E-state index contributed by atoms with van der Waals surface area (Å²) in [5, 5.41) is 1.80. The first-order valence-electron chi connectivity index (χ1n) is 5.61. The van der Waals surface area contributed by atoms with Crippen LogP contribution in [-0.4, -0.2) is 42.9 Å². The molecule has 1 amide bonds. The molecule has 1 N–H and O–H groups in total. The summed E-state index contributed by atoms with van der Waals surface area (Å²) in [6, 6.07) is 0. The second kappa shape index (κ2) is 5.97. The molecule has 1 rings (SSSR count). The van der Waals surface area contributed by atoms with E-state index in [9.17, 15) is 31.1 Å². The molecule has 0 aromatic heterocycles. The number of hydrogen-bond donors (Lipinski definition) is 1. The Bertz CT molecular complexity index is 337. The Labute approximate surface area is 115 Å². The van der Waals surface area contributed by atoms with Crippen molar-refractivity contribution < 1.29 is 35.9 Å². The van der Waals surface area contributed by atoms with E-state index in [1.165, 1.54) is 0 Å². The van der Waals surface area contributed by atoms with Crippen LogP contribution in [0.25, 0.3) is 0 Å². The van der Waals surface area contributed by atoms with Crippen molar-refractivity contribution in [1.29, 1.82) is 0 Å². The monoisotopic (exact) mass is 327 g/mol. The molecule has 0 aromatic carbocycles. The third kappa shape index (κ3) is 4.15. The highest BCUT2D eigenvalue weighted by molar-refractivity contribution is 6.18. The van der Waals surface area contributed by atoms with Gasteiger partial charge in [0.2, 0.25) is 11.8 Å². The van der Waals surface area contributed by atoms with E-state index in [0.29, 0.717) is 0 Å². The maximum Gasteiger partial charge on any atom is 0.409 e. The minimum atomic E-state index is -5.71. The van der Waals surface area contributed by atoms with E-state index < -0.39 is 29.7 Å². The number of halogens is 7. The fourth-order valence-corrected chi connectivity index (χ4v) is 2.20. The number of hydrogen-bond acceptors (Lipinski definition) is 2. The van der Waals surface area contributed by atoms with Crippen molar-refractivity contribution in [3.8, 4) is 0 Å². The minimum absolute atomic E-state index is 0.0602. The number of nitrogens with one attached hydrogen (secondary N) is 1. The van der Waals surface area contributed by atoms with Crippen molar-refractivity contribution in [2.24, 2.45) is 5.92 Å². The molecule has 1 saturated heterocycles. The van der Waals surface area contributed by atoms with Gasteiger partial charge >= 0.3 is 12.4 Å². The van der Waals surface area contributed by atoms with Crippen LogP contribution >= 0.6 is 11.6 Å². The lowest BCUT2D eigenvalue weighted by Gasteiger charge is -2.37. The van der Waals surface area contributed by atoms with Gasteiger partial charge in [-0.15, -0.1) is 11.6 Å². The molecule has 0 spiro atoms. The lowest BCUT2D eigenvalue weighted by atomic mass is 9.91. The van der Waals surface area contributed by atoms with Gasteiger partial charge in [0.05, 0.1) is 5.54 Å². The summed E-state index contributed by atoms with van der Waals surface area (Å²) in [7, 11) is 0. The molecule has 1 aliphatic heterocycles. The van der Waals surface area contributed by atoms with Crippen molar-refractivity contribution >= 4 is 17.5 Å². The molecule has 0 bridgehead atoms. The molecular formula is C10H12ClF6NO2. The quantitative estimate of drug-likeness (QED) is 0.639. The first-order chi connectivity index (χ1) is 9.02. The number of carbonyl (C=O) groups excluding carboxylic acids is 1. The van der Waals surface area contributed by atoms with Gasteiger partial charge in [-0.3, -0.25) is 4.79 Å². The Balaban J connectivity index is 2.91. The zero-order chi connectivity index (χ0) is 15.6. The standard InChI is InChI=1S/C10H12ClF6NO2/c11-5-8(1-3-20-4-2-8)18-7(19)6(9(12,13)14)10(15,16)17/h6H,1-5H2,(H,18,19). The summed E-state index contributed by atoms with van der Waals surface area (Å²) in [4.78, 5) is 11.4. The fraction of sp³-hybridized carbons (Fsp3) is 0.900. The summed E-state index contributed by atoms with van der Waals surface area (Å²) in [5.74, 6) is -6.48. The lowest BCUT2D eigenvalue weighted by molar-refractivity contribution is -0.274. The third-order valence-corrected chi connectivity index (χ3v) is 3.52. The van der Waals surface area contributed by atoms with E-state index in [0.717, 1.165) is 0 Å². The van der Waals surface area contributed by atoms with Crippen molar-refractivity contribution in [3.05, 3.63) is 0 Å². The minimum Gasteiger partial charge on any atom is -0.381 e. The van der Waals surface area contributed by atoms with Gasteiger partial charge in [0, 0.05) is 19.1 Å². The van der Waals surface area contributed by atoms with Gasteiger partial charge < -0.3 is 10.1 Å². The Morgan fingerprint density at radius 3 is 1.95 bits per heavy atom. The van der Waals surface area contributed by atoms with E-state index in [2.05, 4.69) is 0 Å². The second-order valence-electron chi connectivity index (χ2n) is 4.53. The average Bonchev–Trinajstić information content (AvgIpc) is 2.25. The highest BCUT2D eigenvalue weighted by atomic mass is 35.5. The molecule has 3 nitrogen and oxygen atoms in total. The van der Waals surface area contributed by atoms with E-state index in [1.807, 2.05) is 0 Å². The molecular weight excluding hydrogens is 316 g/mol. The van der Waals surface area contributed by atoms with Crippen molar-refractivity contribution in [1.82, 2.24) is 5.32 Å². The summed E-state index contributed by atoms with van der Waals surface area (Å²) < 4.78 is 79.4. The summed E-state index contributed by atoms with van der Waals surface area (Å²) in [6.45, 7) is 0.214. The van der Waals surface area contributed by atoms with Crippen LogP contribution in [0.2, 0.25) is 0 Å². The van der Waals surface area contributed by atoms with Gasteiger partial charge in [0.15, 0.2) is 0 Å². The summed E-state index contributed by atoms with van der Waals surface area (Å²) >= 11 is 5.58. The Morgan fingerprint density at radius 1 is 1.15 bits per heavy atom. The maximum absolute atomic E-state index is 12.4. The van der Waals surface area contributed by atoms with Crippen LogP contribution in [0.1, 0.15) is 12.8 Å². The molecule has 118 valence electrons. The van der Waals surface area contributed by atoms with Gasteiger partial charge in [-0.1, -0.05) is 0 Å². The number of alkyl halides is 7. The fourth-order valence-electron chi connectivity index (χ4n) is 1.87. The average molecular weight is 328 g/mol. The smallest absolute Gasteiger partial charge is 0.381 e. The molecule has 20 heavy (non-hydrogen) atoms. The van der Waals surface area contributed by atoms with Crippen LogP contribution in [-0.2, 0) is 9.53 Å². The highest BCUT2D eigenvalue weighted by Gasteiger charge is 2.61. The number of carbonyl (C=O) groups is 1. The Morgan fingerprint density at radius 2 is 1.60 bits per heavy atom. The van der Waals surface area contributed by atoms with E-state index >= 15 is 0 Å². The Hall–Kier alpha value is -0.700. The van der Waals surface area contributed by atoms with Gasteiger partial charge in [-0.2, -0.15) is 26.3 Å². The Kier molecular flexibility index (Phi) is 5.18. The van der Waals surface area contributed by atoms with Gasteiger partial charge in [0.1, 0.15) is 0 Å². The maximum atomic E-state index is 12.4. The van der Waals surface area contributed by atoms with Crippen molar-refractivity contribution in [3.63, 3.8) is 0 Å². The predicted molar refractivity (Wildman–Crippen MR) is 57.2 cm³/mol. The molecule has 0 unspecified atom stereocenters. The first-order valence-corrected chi connectivity index (χ1v) is 6.14. The molecule has 0 aromatic rings. The molecule has 1 aliphatic rings. The third-order valence-electron chi connectivity index (χ3n) is 3.01. The van der Waals surface area contributed by atoms with Crippen molar-refractivity contribution in [2.45, 2.75) is 30.7 Å². The van der Waals surface area contributed by atoms with Crippen molar-refractivity contribution in [2.75, 3.05) is 19.1 Å². The first kappa shape index (κ1) is 17.4. The van der Waals surface area contributed by atoms with Crippen LogP contribution in [0.15, 0.2) is 0 Å². The van der Waals surface area contributed by atoms with Crippen LogP contribution in [0.3, 0.4) is 0 Å². The SMILES string of the molecule is O=C(NC1(CCl)CCOCC1)C(C(F)(F)F)C(F)(F)F.